The van der Waals surface area contributed by atoms with Crippen molar-refractivity contribution in [3.63, 3.8) is 0 Å². The van der Waals surface area contributed by atoms with Crippen LogP contribution in [-0.4, -0.2) is 47.9 Å². The van der Waals surface area contributed by atoms with Gasteiger partial charge in [-0.3, -0.25) is 9.59 Å². The minimum Gasteiger partial charge on any atom is -0.361 e. The maximum Gasteiger partial charge on any atom is 0.256 e. The number of amides is 2. The third-order valence-corrected chi connectivity index (χ3v) is 5.09. The SMILES string of the molecule is CCN(CC)CCNC(=O)c1c[nH]c(/C=C2\C(=O)Nc3ccc(F)cc32)c1C. The van der Waals surface area contributed by atoms with Gasteiger partial charge in [-0.05, 0) is 49.9 Å². The number of H-pyrrole nitrogens is 1. The van der Waals surface area contributed by atoms with Crippen LogP contribution in [0, 0.1) is 12.7 Å². The lowest BCUT2D eigenvalue weighted by molar-refractivity contribution is -0.110. The van der Waals surface area contributed by atoms with Crippen LogP contribution in [0.15, 0.2) is 24.4 Å². The number of carbonyl (C=O) groups is 2. The van der Waals surface area contributed by atoms with Gasteiger partial charge in [-0.25, -0.2) is 4.39 Å². The van der Waals surface area contributed by atoms with Crippen LogP contribution in [0.2, 0.25) is 0 Å². The highest BCUT2D eigenvalue weighted by Gasteiger charge is 2.25. The van der Waals surface area contributed by atoms with Crippen LogP contribution in [-0.2, 0) is 4.79 Å². The van der Waals surface area contributed by atoms with E-state index < -0.39 is 5.82 Å². The maximum atomic E-state index is 13.6. The Hall–Kier alpha value is -2.93. The van der Waals surface area contributed by atoms with Gasteiger partial charge in [0.2, 0.25) is 0 Å². The summed E-state index contributed by atoms with van der Waals surface area (Å²) in [7, 11) is 0. The molecule has 2 aromatic rings. The van der Waals surface area contributed by atoms with Gasteiger partial charge in [0.1, 0.15) is 5.82 Å². The molecule has 1 aromatic heterocycles. The van der Waals surface area contributed by atoms with Crippen molar-refractivity contribution in [1.82, 2.24) is 15.2 Å². The monoisotopic (exact) mass is 384 g/mol. The summed E-state index contributed by atoms with van der Waals surface area (Å²) < 4.78 is 13.6. The fourth-order valence-corrected chi connectivity index (χ4v) is 3.31. The van der Waals surface area contributed by atoms with E-state index in [1.165, 1.54) is 12.1 Å². The quantitative estimate of drug-likeness (QED) is 0.642. The van der Waals surface area contributed by atoms with Crippen LogP contribution < -0.4 is 10.6 Å². The number of hydrogen-bond donors (Lipinski definition) is 3. The summed E-state index contributed by atoms with van der Waals surface area (Å²) in [6, 6.07) is 4.18. The molecular weight excluding hydrogens is 359 g/mol. The number of rotatable bonds is 7. The van der Waals surface area contributed by atoms with Crippen molar-refractivity contribution in [2.75, 3.05) is 31.5 Å². The number of fused-ring (bicyclic) bond motifs is 1. The van der Waals surface area contributed by atoms with Gasteiger partial charge in [0, 0.05) is 36.2 Å². The molecule has 0 aliphatic carbocycles. The van der Waals surface area contributed by atoms with Crippen molar-refractivity contribution < 1.29 is 14.0 Å². The lowest BCUT2D eigenvalue weighted by Crippen LogP contribution is -2.34. The Kier molecular flexibility index (Phi) is 5.94. The first-order chi connectivity index (χ1) is 13.4. The number of nitrogens with one attached hydrogen (secondary N) is 3. The first kappa shape index (κ1) is 19.8. The van der Waals surface area contributed by atoms with Crippen LogP contribution in [0.5, 0.6) is 0 Å². The molecule has 1 aliphatic heterocycles. The summed E-state index contributed by atoms with van der Waals surface area (Å²) in [5, 5.41) is 5.65. The van der Waals surface area contributed by atoms with E-state index in [-0.39, 0.29) is 11.8 Å². The number of benzene rings is 1. The van der Waals surface area contributed by atoms with Crippen molar-refractivity contribution in [2.24, 2.45) is 0 Å². The number of anilines is 1. The fourth-order valence-electron chi connectivity index (χ4n) is 3.31. The van der Waals surface area contributed by atoms with E-state index in [0.717, 1.165) is 25.2 Å². The summed E-state index contributed by atoms with van der Waals surface area (Å²) in [5.41, 5.74) is 3.39. The van der Waals surface area contributed by atoms with Crippen molar-refractivity contribution in [3.8, 4) is 0 Å². The van der Waals surface area contributed by atoms with Crippen molar-refractivity contribution in [2.45, 2.75) is 20.8 Å². The minimum atomic E-state index is -0.405. The Balaban J connectivity index is 1.77. The molecule has 3 rings (SSSR count). The van der Waals surface area contributed by atoms with Gasteiger partial charge in [-0.15, -0.1) is 0 Å². The summed E-state index contributed by atoms with van der Waals surface area (Å²) in [6.07, 6.45) is 3.29. The van der Waals surface area contributed by atoms with Gasteiger partial charge in [-0.2, -0.15) is 0 Å². The van der Waals surface area contributed by atoms with Gasteiger partial charge >= 0.3 is 0 Å². The molecule has 7 heteroatoms. The molecule has 0 bridgehead atoms. The highest BCUT2D eigenvalue weighted by atomic mass is 19.1. The predicted octanol–water partition coefficient (Wildman–Crippen LogP) is 3.03. The van der Waals surface area contributed by atoms with Crippen molar-refractivity contribution in [1.29, 1.82) is 0 Å². The molecule has 0 saturated carbocycles. The molecule has 0 saturated heterocycles. The Morgan fingerprint density at radius 2 is 2.04 bits per heavy atom. The average molecular weight is 384 g/mol. The summed E-state index contributed by atoms with van der Waals surface area (Å²) >= 11 is 0. The molecule has 1 aliphatic rings. The minimum absolute atomic E-state index is 0.159. The van der Waals surface area contributed by atoms with Gasteiger partial charge in [-0.1, -0.05) is 13.8 Å². The standard InChI is InChI=1S/C21H25FN4O2/c1-4-26(5-2)9-8-23-20(27)17-12-24-19(13(17)3)11-16-15-10-14(22)6-7-18(15)25-21(16)28/h6-7,10-12,24H,4-5,8-9H2,1-3H3,(H,23,27)(H,25,28)/b16-11-. The number of aromatic nitrogens is 1. The molecule has 28 heavy (non-hydrogen) atoms. The van der Waals surface area contributed by atoms with E-state index >= 15 is 0 Å². The van der Waals surface area contributed by atoms with Gasteiger partial charge in [0.05, 0.1) is 11.1 Å². The van der Waals surface area contributed by atoms with Crippen LogP contribution in [0.1, 0.15) is 41.0 Å². The molecule has 0 unspecified atom stereocenters. The second-order valence-electron chi connectivity index (χ2n) is 6.73. The van der Waals surface area contributed by atoms with E-state index in [1.807, 2.05) is 6.92 Å². The zero-order valence-corrected chi connectivity index (χ0v) is 16.4. The Morgan fingerprint density at radius 3 is 2.75 bits per heavy atom. The van der Waals surface area contributed by atoms with Crippen LogP contribution >= 0.6 is 0 Å². The van der Waals surface area contributed by atoms with Gasteiger partial charge in [0.25, 0.3) is 11.8 Å². The first-order valence-corrected chi connectivity index (χ1v) is 9.46. The zero-order chi connectivity index (χ0) is 20.3. The molecule has 1 aromatic carbocycles. The normalized spacial score (nSPS) is 14.5. The third-order valence-electron chi connectivity index (χ3n) is 5.09. The van der Waals surface area contributed by atoms with Gasteiger partial charge < -0.3 is 20.5 Å². The maximum absolute atomic E-state index is 13.6. The number of halogens is 1. The summed E-state index contributed by atoms with van der Waals surface area (Å²) in [5.74, 6) is -0.856. The van der Waals surface area contributed by atoms with E-state index in [2.05, 4.69) is 34.4 Å². The number of aromatic amines is 1. The molecule has 0 atom stereocenters. The Bertz CT molecular complexity index is 928. The largest absolute Gasteiger partial charge is 0.361 e. The highest BCUT2D eigenvalue weighted by Crippen LogP contribution is 2.34. The zero-order valence-electron chi connectivity index (χ0n) is 16.4. The molecule has 0 fully saturated rings. The number of carbonyl (C=O) groups excluding carboxylic acids is 2. The second kappa shape index (κ2) is 8.39. The lowest BCUT2D eigenvalue weighted by Gasteiger charge is -2.17. The predicted molar refractivity (Wildman–Crippen MR) is 109 cm³/mol. The highest BCUT2D eigenvalue weighted by molar-refractivity contribution is 6.34. The molecule has 2 heterocycles. The van der Waals surface area contributed by atoms with Crippen molar-refractivity contribution in [3.05, 3.63) is 52.6 Å². The van der Waals surface area contributed by atoms with Crippen LogP contribution in [0.3, 0.4) is 0 Å². The summed E-state index contributed by atoms with van der Waals surface area (Å²) in [6.45, 7) is 9.24. The molecule has 0 radical (unpaired) electrons. The lowest BCUT2D eigenvalue weighted by atomic mass is 10.0. The first-order valence-electron chi connectivity index (χ1n) is 9.46. The van der Waals surface area contributed by atoms with E-state index in [0.29, 0.717) is 34.6 Å². The van der Waals surface area contributed by atoms with Crippen molar-refractivity contribution >= 4 is 29.2 Å². The molecular formula is C21H25FN4O2. The topological polar surface area (TPSA) is 77.2 Å². The Labute approximate surface area is 163 Å². The van der Waals surface area contributed by atoms with E-state index in [1.54, 1.807) is 18.3 Å². The fraction of sp³-hybridized carbons (Fsp3) is 0.333. The van der Waals surface area contributed by atoms with E-state index in [9.17, 15) is 14.0 Å². The number of nitrogens with zero attached hydrogens (tertiary/aromatic N) is 1. The molecule has 6 nitrogen and oxygen atoms in total. The van der Waals surface area contributed by atoms with E-state index in [4.69, 9.17) is 0 Å². The molecule has 0 spiro atoms. The number of hydrogen-bond acceptors (Lipinski definition) is 3. The third kappa shape index (κ3) is 3.99. The molecule has 148 valence electrons. The molecule has 3 N–H and O–H groups in total. The van der Waals surface area contributed by atoms with Crippen LogP contribution in [0.4, 0.5) is 10.1 Å². The Morgan fingerprint density at radius 1 is 1.29 bits per heavy atom. The second-order valence-corrected chi connectivity index (χ2v) is 6.73. The summed E-state index contributed by atoms with van der Waals surface area (Å²) in [4.78, 5) is 30.0. The number of likely N-dealkylation sites (N-methyl/N-ethyl adjacent to an activating group) is 1. The smallest absolute Gasteiger partial charge is 0.256 e. The van der Waals surface area contributed by atoms with Crippen LogP contribution in [0.25, 0.3) is 11.6 Å². The average Bonchev–Trinajstić information content (AvgIpc) is 3.19. The molecule has 2 amide bonds. The van der Waals surface area contributed by atoms with Gasteiger partial charge in [0.15, 0.2) is 0 Å².